The Balaban J connectivity index is 1.83. The van der Waals surface area contributed by atoms with Crippen molar-refractivity contribution in [1.29, 1.82) is 0 Å². The highest BCUT2D eigenvalue weighted by Crippen LogP contribution is 2.37. The maximum Gasteiger partial charge on any atom is 0.497 e. The van der Waals surface area contributed by atoms with Crippen molar-refractivity contribution in [1.82, 2.24) is 9.78 Å². The van der Waals surface area contributed by atoms with Gasteiger partial charge in [-0.3, -0.25) is 0 Å². The number of hydrogen-bond donors (Lipinski definition) is 0. The first kappa shape index (κ1) is 19.6. The van der Waals surface area contributed by atoms with Gasteiger partial charge in [-0.2, -0.15) is 5.10 Å². The van der Waals surface area contributed by atoms with Crippen LogP contribution in [-0.2, 0) is 20.8 Å². The van der Waals surface area contributed by atoms with Gasteiger partial charge in [0.15, 0.2) is 0 Å². The van der Waals surface area contributed by atoms with E-state index in [9.17, 15) is 0 Å². The molecule has 0 bridgehead atoms. The van der Waals surface area contributed by atoms with Gasteiger partial charge in [0.25, 0.3) is 0 Å². The van der Waals surface area contributed by atoms with Crippen LogP contribution in [0.3, 0.4) is 0 Å². The molecule has 1 aliphatic heterocycles. The third kappa shape index (κ3) is 3.91. The number of rotatable bonds is 6. The number of benzene rings is 1. The molecule has 5 nitrogen and oxygen atoms in total. The molecule has 26 heavy (non-hydrogen) atoms. The molecular formula is C19H31BN2O3Si. The number of hydrogen-bond acceptors (Lipinski definition) is 4. The van der Waals surface area contributed by atoms with Gasteiger partial charge in [0.05, 0.1) is 22.9 Å². The fourth-order valence-corrected chi connectivity index (χ4v) is 3.72. The summed E-state index contributed by atoms with van der Waals surface area (Å²) in [5.41, 5.74) is 1.31. The monoisotopic (exact) mass is 374 g/mol. The molecule has 3 rings (SSSR count). The van der Waals surface area contributed by atoms with Gasteiger partial charge >= 0.3 is 7.12 Å². The lowest BCUT2D eigenvalue weighted by atomic mass is 9.78. The van der Waals surface area contributed by atoms with Crippen LogP contribution in [0, 0.1) is 0 Å². The summed E-state index contributed by atoms with van der Waals surface area (Å²) in [5, 5.41) is 5.60. The molecule has 0 aliphatic carbocycles. The third-order valence-electron chi connectivity index (χ3n) is 5.41. The Bertz CT molecular complexity index is 767. The number of fused-ring (bicyclic) bond motifs is 1. The predicted octanol–water partition coefficient (Wildman–Crippen LogP) is 3.65. The van der Waals surface area contributed by atoms with Crippen molar-refractivity contribution < 1.29 is 14.0 Å². The van der Waals surface area contributed by atoms with E-state index in [0.717, 1.165) is 29.0 Å². The first-order chi connectivity index (χ1) is 12.0. The lowest BCUT2D eigenvalue weighted by Gasteiger charge is -2.32. The lowest BCUT2D eigenvalue weighted by molar-refractivity contribution is 0.00578. The summed E-state index contributed by atoms with van der Waals surface area (Å²) in [6, 6.07) is 7.30. The quantitative estimate of drug-likeness (QED) is 0.572. The molecule has 0 atom stereocenters. The van der Waals surface area contributed by atoms with Gasteiger partial charge in [-0.15, -0.1) is 0 Å². The second kappa shape index (κ2) is 6.78. The third-order valence-corrected chi connectivity index (χ3v) is 7.11. The summed E-state index contributed by atoms with van der Waals surface area (Å²) in [7, 11) is -1.49. The first-order valence-corrected chi connectivity index (χ1v) is 13.1. The second-order valence-corrected chi connectivity index (χ2v) is 15.0. The molecule has 2 heterocycles. The van der Waals surface area contributed by atoms with E-state index >= 15 is 0 Å². The molecule has 1 saturated heterocycles. The number of para-hydroxylation sites is 1. The van der Waals surface area contributed by atoms with Crippen LogP contribution in [0.15, 0.2) is 24.4 Å². The lowest BCUT2D eigenvalue weighted by Crippen LogP contribution is -2.41. The van der Waals surface area contributed by atoms with E-state index in [1.807, 2.05) is 16.9 Å². The molecule has 0 N–H and O–H groups in total. The van der Waals surface area contributed by atoms with E-state index in [1.165, 1.54) is 0 Å². The van der Waals surface area contributed by atoms with Crippen LogP contribution in [0.25, 0.3) is 10.9 Å². The summed E-state index contributed by atoms with van der Waals surface area (Å²) in [5.74, 6) is 0. The van der Waals surface area contributed by atoms with Gasteiger partial charge in [-0.1, -0.05) is 37.8 Å². The number of nitrogens with zero attached hydrogens (tertiary/aromatic N) is 2. The van der Waals surface area contributed by atoms with Crippen LogP contribution in [-0.4, -0.2) is 42.8 Å². The van der Waals surface area contributed by atoms with Crippen LogP contribution >= 0.6 is 0 Å². The minimum Gasteiger partial charge on any atom is -0.399 e. The Morgan fingerprint density at radius 1 is 1.12 bits per heavy atom. The molecule has 0 unspecified atom stereocenters. The smallest absolute Gasteiger partial charge is 0.399 e. The molecule has 1 fully saturated rings. The zero-order chi connectivity index (χ0) is 19.2. The largest absolute Gasteiger partial charge is 0.497 e. The summed E-state index contributed by atoms with van der Waals surface area (Å²) < 4.78 is 20.3. The van der Waals surface area contributed by atoms with Crippen molar-refractivity contribution in [3.63, 3.8) is 0 Å². The van der Waals surface area contributed by atoms with Crippen LogP contribution < -0.4 is 5.46 Å². The summed E-state index contributed by atoms with van der Waals surface area (Å²) in [4.78, 5) is 0. The maximum atomic E-state index is 6.25. The number of ether oxygens (including phenoxy) is 1. The molecule has 0 radical (unpaired) electrons. The molecule has 2 aromatic rings. The summed E-state index contributed by atoms with van der Waals surface area (Å²) >= 11 is 0. The van der Waals surface area contributed by atoms with Gasteiger partial charge < -0.3 is 14.0 Å². The van der Waals surface area contributed by atoms with Gasteiger partial charge in [-0.25, -0.2) is 4.68 Å². The molecular weight excluding hydrogens is 343 g/mol. The average molecular weight is 374 g/mol. The Kier molecular flexibility index (Phi) is 5.12. The molecule has 0 spiro atoms. The highest BCUT2D eigenvalue weighted by atomic mass is 28.3. The minimum atomic E-state index is -1.09. The summed E-state index contributed by atoms with van der Waals surface area (Å²) in [6.45, 7) is 16.6. The highest BCUT2D eigenvalue weighted by molar-refractivity contribution is 6.76. The maximum absolute atomic E-state index is 6.25. The van der Waals surface area contributed by atoms with E-state index in [2.05, 4.69) is 64.6 Å². The van der Waals surface area contributed by atoms with E-state index in [1.54, 1.807) is 0 Å². The van der Waals surface area contributed by atoms with E-state index in [0.29, 0.717) is 6.73 Å². The molecule has 0 saturated carbocycles. The normalized spacial score (nSPS) is 19.4. The fourth-order valence-electron chi connectivity index (χ4n) is 2.96. The van der Waals surface area contributed by atoms with Crippen molar-refractivity contribution in [3.8, 4) is 0 Å². The fraction of sp³-hybridized carbons (Fsp3) is 0.632. The standard InChI is InChI=1S/C19H31BN2O3Si/c1-18(2)19(3,4)25-20(24-18)16-10-8-9-15-13-21-22(17(15)16)14-23-11-12-26(5,6)7/h8-10,13H,11-12,14H2,1-7H3. The topological polar surface area (TPSA) is 45.5 Å². The average Bonchev–Trinajstić information content (AvgIpc) is 3.01. The molecule has 1 aromatic heterocycles. The SMILES string of the molecule is CC1(C)OB(c2cccc3cnn(COCC[Si](C)(C)C)c23)OC1(C)C. The Morgan fingerprint density at radius 2 is 1.77 bits per heavy atom. The van der Waals surface area contributed by atoms with Crippen LogP contribution in [0.1, 0.15) is 27.7 Å². The zero-order valence-corrected chi connectivity index (χ0v) is 18.1. The highest BCUT2D eigenvalue weighted by Gasteiger charge is 2.52. The Hall–Kier alpha value is -1.15. The van der Waals surface area contributed by atoms with Crippen LogP contribution in [0.5, 0.6) is 0 Å². The van der Waals surface area contributed by atoms with Gasteiger partial charge in [0.1, 0.15) is 6.73 Å². The minimum absolute atomic E-state index is 0.363. The van der Waals surface area contributed by atoms with Gasteiger partial charge in [0.2, 0.25) is 0 Å². The van der Waals surface area contributed by atoms with Crippen LogP contribution in [0.2, 0.25) is 25.7 Å². The van der Waals surface area contributed by atoms with E-state index < -0.39 is 15.2 Å². The van der Waals surface area contributed by atoms with Crippen molar-refractivity contribution in [2.45, 2.75) is 71.3 Å². The van der Waals surface area contributed by atoms with E-state index in [4.69, 9.17) is 14.0 Å². The van der Waals surface area contributed by atoms with Gasteiger partial charge in [-0.05, 0) is 33.7 Å². The zero-order valence-electron chi connectivity index (χ0n) is 17.1. The molecule has 1 aromatic carbocycles. The Labute approximate surface area is 158 Å². The van der Waals surface area contributed by atoms with E-state index in [-0.39, 0.29) is 11.2 Å². The Morgan fingerprint density at radius 3 is 2.38 bits per heavy atom. The van der Waals surface area contributed by atoms with Crippen molar-refractivity contribution >= 4 is 31.6 Å². The number of aromatic nitrogens is 2. The van der Waals surface area contributed by atoms with Crippen molar-refractivity contribution in [2.75, 3.05) is 6.61 Å². The first-order valence-electron chi connectivity index (χ1n) is 9.38. The van der Waals surface area contributed by atoms with Crippen LogP contribution in [0.4, 0.5) is 0 Å². The predicted molar refractivity (Wildman–Crippen MR) is 110 cm³/mol. The second-order valence-electron chi connectivity index (χ2n) is 9.37. The van der Waals surface area contributed by atoms with Gasteiger partial charge in [0, 0.05) is 25.5 Å². The van der Waals surface area contributed by atoms with Crippen molar-refractivity contribution in [2.24, 2.45) is 0 Å². The van der Waals surface area contributed by atoms with Crippen molar-refractivity contribution in [3.05, 3.63) is 24.4 Å². The molecule has 142 valence electrons. The molecule has 7 heteroatoms. The molecule has 1 aliphatic rings. The molecule has 0 amide bonds. The summed E-state index contributed by atoms with van der Waals surface area (Å²) in [6.07, 6.45) is 1.88.